The van der Waals surface area contributed by atoms with E-state index in [9.17, 15) is 13.6 Å². The number of amides is 1. The van der Waals surface area contributed by atoms with Crippen LogP contribution in [-0.4, -0.2) is 40.4 Å². The minimum Gasteiger partial charge on any atom is -0.397 e. The van der Waals surface area contributed by atoms with Crippen LogP contribution in [0.4, 0.5) is 20.2 Å². The zero-order valence-electron chi connectivity index (χ0n) is 17.7. The number of anilines is 2. The van der Waals surface area contributed by atoms with Crippen molar-refractivity contribution in [2.24, 2.45) is 5.92 Å². The molecule has 7 nitrogen and oxygen atoms in total. The van der Waals surface area contributed by atoms with Gasteiger partial charge in [0.2, 0.25) is 0 Å². The van der Waals surface area contributed by atoms with Crippen LogP contribution in [0.3, 0.4) is 0 Å². The third-order valence-electron chi connectivity index (χ3n) is 5.64. The van der Waals surface area contributed by atoms with E-state index < -0.39 is 11.6 Å². The van der Waals surface area contributed by atoms with Crippen LogP contribution in [-0.2, 0) is 6.54 Å². The maximum Gasteiger partial charge on any atom is 0.270 e. The molecule has 0 unspecified atom stereocenters. The van der Waals surface area contributed by atoms with Gasteiger partial charge in [-0.15, -0.1) is 11.3 Å². The van der Waals surface area contributed by atoms with Crippen molar-refractivity contribution >= 4 is 40.2 Å². The fourth-order valence-corrected chi connectivity index (χ4v) is 4.96. The third-order valence-corrected chi connectivity index (χ3v) is 6.93. The molecule has 174 valence electrons. The molecular weight excluding hydrogens is 470 g/mol. The van der Waals surface area contributed by atoms with E-state index in [1.807, 2.05) is 0 Å². The Morgan fingerprint density at radius 2 is 1.94 bits per heavy atom. The predicted octanol–water partition coefficient (Wildman–Crippen LogP) is 3.94. The van der Waals surface area contributed by atoms with E-state index >= 15 is 0 Å². The Bertz CT molecular complexity index is 1120. The monoisotopic (exact) mass is 492 g/mol. The van der Waals surface area contributed by atoms with Gasteiger partial charge in [0.25, 0.3) is 5.91 Å². The number of benzene rings is 1. The molecule has 1 fully saturated rings. The largest absolute Gasteiger partial charge is 0.397 e. The van der Waals surface area contributed by atoms with Gasteiger partial charge in [0, 0.05) is 24.2 Å². The molecule has 3 heterocycles. The van der Waals surface area contributed by atoms with Crippen molar-refractivity contribution in [2.75, 3.05) is 31.1 Å². The number of carbonyl (C=O) groups is 1. The van der Waals surface area contributed by atoms with Gasteiger partial charge in [-0.2, -0.15) is 0 Å². The summed E-state index contributed by atoms with van der Waals surface area (Å²) in [5, 5.41) is 3.24. The maximum atomic E-state index is 14.0. The molecule has 1 saturated heterocycles. The molecule has 1 aliphatic rings. The number of halogens is 3. The molecule has 3 aromatic rings. The SMILES string of the molecule is Nc1cc(C(=O)NCC2CCN(Cc3cnc(-c4c(F)cccc4F)s3)CC2)nc(Cl)c1N. The van der Waals surface area contributed by atoms with Crippen molar-refractivity contribution in [1.82, 2.24) is 20.2 Å². The molecule has 0 saturated carbocycles. The molecule has 0 aliphatic carbocycles. The van der Waals surface area contributed by atoms with Crippen molar-refractivity contribution < 1.29 is 13.6 Å². The lowest BCUT2D eigenvalue weighted by atomic mass is 9.96. The Morgan fingerprint density at radius 1 is 1.24 bits per heavy atom. The Kier molecular flexibility index (Phi) is 7.06. The standard InChI is InChI=1S/C22H23ClF2N6OS/c23-20-19(27)16(26)8-17(30-20)21(32)28-9-12-4-6-31(7-5-12)11-13-10-29-22(33-13)18-14(24)2-1-3-15(18)25/h1-3,8,10,12H,4-7,9,11,27H2,(H2,26,30)(H,28,32). The number of nitrogens with one attached hydrogen (secondary N) is 1. The van der Waals surface area contributed by atoms with Crippen LogP contribution in [0.25, 0.3) is 10.6 Å². The van der Waals surface area contributed by atoms with Crippen molar-refractivity contribution in [1.29, 1.82) is 0 Å². The quantitative estimate of drug-likeness (QED) is 0.449. The van der Waals surface area contributed by atoms with Gasteiger partial charge in [0.1, 0.15) is 22.3 Å². The molecule has 0 spiro atoms. The average molecular weight is 493 g/mol. The number of nitrogens with two attached hydrogens (primary N) is 2. The van der Waals surface area contributed by atoms with E-state index in [4.69, 9.17) is 23.1 Å². The van der Waals surface area contributed by atoms with Crippen LogP contribution in [0.1, 0.15) is 28.2 Å². The molecule has 1 aliphatic heterocycles. The van der Waals surface area contributed by atoms with E-state index in [1.54, 1.807) is 6.20 Å². The lowest BCUT2D eigenvalue weighted by Crippen LogP contribution is -2.38. The zero-order chi connectivity index (χ0) is 23.5. The smallest absolute Gasteiger partial charge is 0.270 e. The van der Waals surface area contributed by atoms with Crippen LogP contribution in [0.5, 0.6) is 0 Å². The van der Waals surface area contributed by atoms with Crippen LogP contribution >= 0.6 is 22.9 Å². The first kappa shape index (κ1) is 23.3. The number of hydrogen-bond acceptors (Lipinski definition) is 7. The molecule has 11 heteroatoms. The second-order valence-electron chi connectivity index (χ2n) is 7.96. The fourth-order valence-electron chi connectivity index (χ4n) is 3.75. The van der Waals surface area contributed by atoms with Gasteiger partial charge in [-0.25, -0.2) is 18.7 Å². The summed E-state index contributed by atoms with van der Waals surface area (Å²) >= 11 is 7.20. The van der Waals surface area contributed by atoms with Crippen molar-refractivity contribution in [3.63, 3.8) is 0 Å². The Hall–Kier alpha value is -2.82. The van der Waals surface area contributed by atoms with Gasteiger partial charge in [-0.1, -0.05) is 17.7 Å². The molecule has 0 radical (unpaired) electrons. The van der Waals surface area contributed by atoms with Gasteiger partial charge in [0.15, 0.2) is 5.15 Å². The second kappa shape index (κ2) is 9.98. The first-order chi connectivity index (χ1) is 15.8. The van der Waals surface area contributed by atoms with E-state index in [1.165, 1.54) is 35.6 Å². The van der Waals surface area contributed by atoms with Crippen LogP contribution in [0.15, 0.2) is 30.5 Å². The average Bonchev–Trinajstić information content (AvgIpc) is 3.24. The number of nitrogens with zero attached hydrogens (tertiary/aromatic N) is 3. The van der Waals surface area contributed by atoms with Crippen molar-refractivity contribution in [3.05, 3.63) is 57.8 Å². The van der Waals surface area contributed by atoms with Crippen LogP contribution in [0.2, 0.25) is 5.15 Å². The highest BCUT2D eigenvalue weighted by atomic mass is 35.5. The summed E-state index contributed by atoms with van der Waals surface area (Å²) in [4.78, 5) is 23.8. The number of nitrogen functional groups attached to an aromatic ring is 2. The first-order valence-electron chi connectivity index (χ1n) is 10.4. The van der Waals surface area contributed by atoms with E-state index in [2.05, 4.69) is 20.2 Å². The number of carbonyl (C=O) groups excluding carboxylic acids is 1. The van der Waals surface area contributed by atoms with Gasteiger partial charge < -0.3 is 16.8 Å². The summed E-state index contributed by atoms with van der Waals surface area (Å²) < 4.78 is 28.0. The van der Waals surface area contributed by atoms with Crippen molar-refractivity contribution in [3.8, 4) is 10.6 Å². The zero-order valence-corrected chi connectivity index (χ0v) is 19.2. The molecule has 5 N–H and O–H groups in total. The van der Waals surface area contributed by atoms with Gasteiger partial charge >= 0.3 is 0 Å². The second-order valence-corrected chi connectivity index (χ2v) is 9.43. The summed E-state index contributed by atoms with van der Waals surface area (Å²) in [6, 6.07) is 5.22. The van der Waals surface area contributed by atoms with Crippen molar-refractivity contribution in [2.45, 2.75) is 19.4 Å². The number of likely N-dealkylation sites (tertiary alicyclic amines) is 1. The summed E-state index contributed by atoms with van der Waals surface area (Å²) in [6.07, 6.45) is 3.49. The van der Waals surface area contributed by atoms with E-state index in [-0.39, 0.29) is 33.7 Å². The highest BCUT2D eigenvalue weighted by Gasteiger charge is 2.22. The Labute approximate surface area is 198 Å². The molecule has 1 aromatic carbocycles. The maximum absolute atomic E-state index is 14.0. The Morgan fingerprint density at radius 3 is 2.61 bits per heavy atom. The van der Waals surface area contributed by atoms with Gasteiger partial charge in [-0.3, -0.25) is 9.69 Å². The highest BCUT2D eigenvalue weighted by molar-refractivity contribution is 7.15. The predicted molar refractivity (Wildman–Crippen MR) is 126 cm³/mol. The van der Waals surface area contributed by atoms with Gasteiger partial charge in [0.05, 0.1) is 16.9 Å². The number of thiazole rings is 1. The number of rotatable bonds is 6. The number of pyridine rings is 1. The minimum atomic E-state index is -0.613. The molecule has 0 bridgehead atoms. The van der Waals surface area contributed by atoms with Crippen LogP contribution in [0, 0.1) is 17.6 Å². The molecule has 33 heavy (non-hydrogen) atoms. The molecule has 0 atom stereocenters. The summed E-state index contributed by atoms with van der Waals surface area (Å²) in [5.41, 5.74) is 11.8. The highest BCUT2D eigenvalue weighted by Crippen LogP contribution is 2.31. The normalized spacial score (nSPS) is 15.0. The van der Waals surface area contributed by atoms with Gasteiger partial charge in [-0.05, 0) is 50.0 Å². The molecule has 2 aromatic heterocycles. The Balaban J connectivity index is 1.27. The van der Waals surface area contributed by atoms with E-state index in [0.29, 0.717) is 24.0 Å². The summed E-state index contributed by atoms with van der Waals surface area (Å²) in [5.74, 6) is -1.24. The number of aromatic nitrogens is 2. The topological polar surface area (TPSA) is 110 Å². The van der Waals surface area contributed by atoms with Crippen LogP contribution < -0.4 is 16.8 Å². The summed E-state index contributed by atoms with van der Waals surface area (Å²) in [7, 11) is 0. The fraction of sp³-hybridized carbons (Fsp3) is 0.318. The number of hydrogen-bond donors (Lipinski definition) is 3. The third kappa shape index (κ3) is 5.40. The lowest BCUT2D eigenvalue weighted by Gasteiger charge is -2.31. The first-order valence-corrected chi connectivity index (χ1v) is 11.6. The molecular formula is C22H23ClF2N6OS. The lowest BCUT2D eigenvalue weighted by molar-refractivity contribution is 0.0930. The minimum absolute atomic E-state index is 0.0115. The summed E-state index contributed by atoms with van der Waals surface area (Å²) in [6.45, 7) is 2.88. The number of piperidine rings is 1. The molecule has 4 rings (SSSR count). The van der Waals surface area contributed by atoms with E-state index in [0.717, 1.165) is 30.8 Å². The molecule has 1 amide bonds.